The number of aromatic nitrogens is 1. The van der Waals surface area contributed by atoms with Gasteiger partial charge in [0, 0.05) is 6.42 Å². The summed E-state index contributed by atoms with van der Waals surface area (Å²) in [6, 6.07) is 6.05. The topological polar surface area (TPSA) is 48.1 Å². The van der Waals surface area contributed by atoms with Gasteiger partial charge in [-0.1, -0.05) is 6.92 Å². The lowest BCUT2D eigenvalue weighted by Gasteiger charge is -2.02. The highest BCUT2D eigenvalue weighted by Gasteiger charge is 2.04. The Balaban J connectivity index is 2.23. The third kappa shape index (κ3) is 2.51. The third-order valence-corrected chi connectivity index (χ3v) is 3.31. The molecule has 0 radical (unpaired) electrons. The molecular formula is C12H16N2OS. The number of benzene rings is 1. The first-order valence-corrected chi connectivity index (χ1v) is 6.37. The molecule has 0 saturated carbocycles. The van der Waals surface area contributed by atoms with E-state index in [4.69, 9.17) is 10.5 Å². The third-order valence-electron chi connectivity index (χ3n) is 2.24. The van der Waals surface area contributed by atoms with Crippen molar-refractivity contribution in [3.05, 3.63) is 23.2 Å². The van der Waals surface area contributed by atoms with Crippen LogP contribution in [-0.4, -0.2) is 18.1 Å². The van der Waals surface area contributed by atoms with E-state index in [0.717, 1.165) is 35.7 Å². The SMILES string of the molecule is CCCOc1ccc2nc(CCN)sc2c1. The minimum atomic E-state index is 0.652. The van der Waals surface area contributed by atoms with E-state index in [1.165, 1.54) is 4.70 Å². The maximum Gasteiger partial charge on any atom is 0.120 e. The van der Waals surface area contributed by atoms with Gasteiger partial charge in [-0.3, -0.25) is 0 Å². The summed E-state index contributed by atoms with van der Waals surface area (Å²) in [6.45, 7) is 3.52. The van der Waals surface area contributed by atoms with Gasteiger partial charge in [-0.2, -0.15) is 0 Å². The van der Waals surface area contributed by atoms with Crippen LogP contribution in [0.3, 0.4) is 0 Å². The van der Waals surface area contributed by atoms with Crippen LogP contribution < -0.4 is 10.5 Å². The summed E-state index contributed by atoms with van der Waals surface area (Å²) >= 11 is 1.70. The molecule has 4 heteroatoms. The van der Waals surface area contributed by atoms with Crippen LogP contribution >= 0.6 is 11.3 Å². The second-order valence-corrected chi connectivity index (χ2v) is 4.74. The quantitative estimate of drug-likeness (QED) is 0.868. The summed E-state index contributed by atoms with van der Waals surface area (Å²) in [5.74, 6) is 0.928. The molecule has 2 N–H and O–H groups in total. The van der Waals surface area contributed by atoms with E-state index in [0.29, 0.717) is 6.54 Å². The second kappa shape index (κ2) is 5.27. The number of nitrogens with two attached hydrogens (primary N) is 1. The first-order chi connectivity index (χ1) is 7.83. The van der Waals surface area contributed by atoms with Gasteiger partial charge in [0.25, 0.3) is 0 Å². The van der Waals surface area contributed by atoms with Crippen molar-refractivity contribution in [2.75, 3.05) is 13.2 Å². The molecule has 16 heavy (non-hydrogen) atoms. The highest BCUT2D eigenvalue weighted by atomic mass is 32.1. The van der Waals surface area contributed by atoms with Gasteiger partial charge in [0.1, 0.15) is 5.75 Å². The van der Waals surface area contributed by atoms with Gasteiger partial charge >= 0.3 is 0 Å². The average molecular weight is 236 g/mol. The summed E-state index contributed by atoms with van der Waals surface area (Å²) in [7, 11) is 0. The molecule has 2 aromatic rings. The van der Waals surface area contributed by atoms with Gasteiger partial charge in [0.15, 0.2) is 0 Å². The van der Waals surface area contributed by atoms with E-state index < -0.39 is 0 Å². The molecular weight excluding hydrogens is 220 g/mol. The minimum absolute atomic E-state index is 0.652. The van der Waals surface area contributed by atoms with Crippen molar-refractivity contribution in [2.24, 2.45) is 5.73 Å². The molecule has 0 unspecified atom stereocenters. The smallest absolute Gasteiger partial charge is 0.120 e. The van der Waals surface area contributed by atoms with Crippen molar-refractivity contribution < 1.29 is 4.74 Å². The molecule has 3 nitrogen and oxygen atoms in total. The Morgan fingerprint density at radius 3 is 3.06 bits per heavy atom. The number of fused-ring (bicyclic) bond motifs is 1. The van der Waals surface area contributed by atoms with Crippen molar-refractivity contribution in [1.29, 1.82) is 0 Å². The lowest BCUT2D eigenvalue weighted by molar-refractivity contribution is 0.318. The van der Waals surface area contributed by atoms with Gasteiger partial charge in [-0.15, -0.1) is 11.3 Å². The lowest BCUT2D eigenvalue weighted by atomic mass is 10.3. The Morgan fingerprint density at radius 1 is 1.44 bits per heavy atom. The zero-order chi connectivity index (χ0) is 11.4. The molecule has 1 heterocycles. The van der Waals surface area contributed by atoms with Crippen LogP contribution in [0.2, 0.25) is 0 Å². The fourth-order valence-electron chi connectivity index (χ4n) is 1.49. The number of thiazole rings is 1. The van der Waals surface area contributed by atoms with Crippen LogP contribution in [0.5, 0.6) is 5.75 Å². The van der Waals surface area contributed by atoms with E-state index in [2.05, 4.69) is 18.0 Å². The van der Waals surface area contributed by atoms with Gasteiger partial charge in [0.05, 0.1) is 21.8 Å². The van der Waals surface area contributed by atoms with Gasteiger partial charge < -0.3 is 10.5 Å². The molecule has 0 aliphatic carbocycles. The average Bonchev–Trinajstić information content (AvgIpc) is 2.68. The van der Waals surface area contributed by atoms with Crippen LogP contribution in [-0.2, 0) is 6.42 Å². The van der Waals surface area contributed by atoms with Crippen LogP contribution in [0.4, 0.5) is 0 Å². The van der Waals surface area contributed by atoms with E-state index in [1.54, 1.807) is 11.3 Å². The number of nitrogens with zero attached hydrogens (tertiary/aromatic N) is 1. The van der Waals surface area contributed by atoms with E-state index in [-0.39, 0.29) is 0 Å². The minimum Gasteiger partial charge on any atom is -0.494 e. The van der Waals surface area contributed by atoms with Gasteiger partial charge in [-0.25, -0.2) is 4.98 Å². The molecule has 0 bridgehead atoms. The molecule has 1 aromatic heterocycles. The molecule has 0 aliphatic heterocycles. The fourth-order valence-corrected chi connectivity index (χ4v) is 2.50. The van der Waals surface area contributed by atoms with Crippen molar-refractivity contribution in [2.45, 2.75) is 19.8 Å². The molecule has 0 fully saturated rings. The monoisotopic (exact) mass is 236 g/mol. The summed E-state index contributed by atoms with van der Waals surface area (Å²) in [4.78, 5) is 4.51. The Bertz CT molecular complexity index is 467. The number of hydrogen-bond acceptors (Lipinski definition) is 4. The lowest BCUT2D eigenvalue weighted by Crippen LogP contribution is -2.01. The van der Waals surface area contributed by atoms with Crippen molar-refractivity contribution in [1.82, 2.24) is 4.98 Å². The fraction of sp³-hybridized carbons (Fsp3) is 0.417. The van der Waals surface area contributed by atoms with Crippen molar-refractivity contribution in [3.8, 4) is 5.75 Å². The zero-order valence-corrected chi connectivity index (χ0v) is 10.2. The maximum absolute atomic E-state index is 5.59. The predicted molar refractivity (Wildman–Crippen MR) is 68.2 cm³/mol. The predicted octanol–water partition coefficient (Wildman–Crippen LogP) is 2.59. The van der Waals surface area contributed by atoms with Crippen LogP contribution in [0.25, 0.3) is 10.2 Å². The first kappa shape index (κ1) is 11.4. The Labute approximate surface area is 99.3 Å². The van der Waals surface area contributed by atoms with Crippen LogP contribution in [0.15, 0.2) is 18.2 Å². The van der Waals surface area contributed by atoms with Crippen LogP contribution in [0.1, 0.15) is 18.4 Å². The maximum atomic E-state index is 5.59. The van der Waals surface area contributed by atoms with Crippen molar-refractivity contribution in [3.63, 3.8) is 0 Å². The first-order valence-electron chi connectivity index (χ1n) is 5.56. The summed E-state index contributed by atoms with van der Waals surface area (Å²) in [6.07, 6.45) is 1.88. The zero-order valence-electron chi connectivity index (χ0n) is 9.40. The molecule has 0 aliphatic rings. The molecule has 0 saturated heterocycles. The number of ether oxygens (including phenoxy) is 1. The molecule has 1 aromatic carbocycles. The van der Waals surface area contributed by atoms with Gasteiger partial charge in [-0.05, 0) is 31.2 Å². The summed E-state index contributed by atoms with van der Waals surface area (Å²) in [5, 5.41) is 1.10. The number of rotatable bonds is 5. The summed E-state index contributed by atoms with van der Waals surface area (Å²) < 4.78 is 6.76. The van der Waals surface area contributed by atoms with Crippen molar-refractivity contribution >= 4 is 21.6 Å². The van der Waals surface area contributed by atoms with E-state index >= 15 is 0 Å². The largest absolute Gasteiger partial charge is 0.494 e. The van der Waals surface area contributed by atoms with Crippen LogP contribution in [0, 0.1) is 0 Å². The highest BCUT2D eigenvalue weighted by molar-refractivity contribution is 7.18. The standard InChI is InChI=1S/C12H16N2OS/c1-2-7-15-9-3-4-10-11(8-9)16-12(14-10)5-6-13/h3-4,8H,2,5-7,13H2,1H3. The number of hydrogen-bond donors (Lipinski definition) is 1. The second-order valence-electron chi connectivity index (χ2n) is 3.62. The Kier molecular flexibility index (Phi) is 3.74. The summed E-state index contributed by atoms with van der Waals surface area (Å²) in [5.41, 5.74) is 6.56. The Hall–Kier alpha value is -1.13. The molecule has 0 amide bonds. The Morgan fingerprint density at radius 2 is 2.31 bits per heavy atom. The molecule has 0 spiro atoms. The molecule has 0 atom stereocenters. The molecule has 2 rings (SSSR count). The molecule has 86 valence electrons. The van der Waals surface area contributed by atoms with Gasteiger partial charge in [0.2, 0.25) is 0 Å². The normalized spacial score (nSPS) is 10.9. The van der Waals surface area contributed by atoms with E-state index in [1.807, 2.05) is 12.1 Å². The highest BCUT2D eigenvalue weighted by Crippen LogP contribution is 2.26. The van der Waals surface area contributed by atoms with E-state index in [9.17, 15) is 0 Å².